The zero-order valence-corrected chi connectivity index (χ0v) is 24.2. The molecule has 2 aromatic carbocycles. The van der Waals surface area contributed by atoms with Crippen LogP contribution in [0.25, 0.3) is 0 Å². The fourth-order valence-electron chi connectivity index (χ4n) is 3.04. The van der Waals surface area contributed by atoms with Crippen molar-refractivity contribution in [2.24, 2.45) is 5.10 Å². The summed E-state index contributed by atoms with van der Waals surface area (Å²) in [6.45, 7) is -0.255. The number of carbonyl (C=O) groups is 1. The molecule has 17 heteroatoms. The van der Waals surface area contributed by atoms with Crippen molar-refractivity contribution in [2.75, 3.05) is 39.8 Å². The highest BCUT2D eigenvalue weighted by molar-refractivity contribution is 8.02. The summed E-state index contributed by atoms with van der Waals surface area (Å²) in [7, 11) is -6.79. The van der Waals surface area contributed by atoms with E-state index in [-0.39, 0.29) is 6.54 Å². The molecule has 0 spiro atoms. The Labute approximate surface area is 227 Å². The Morgan fingerprint density at radius 1 is 1.00 bits per heavy atom. The van der Waals surface area contributed by atoms with E-state index in [1.54, 1.807) is 37.3 Å². The van der Waals surface area contributed by atoms with Crippen LogP contribution in [0.2, 0.25) is 0 Å². The summed E-state index contributed by atoms with van der Waals surface area (Å²) in [6, 6.07) is 14.5. The normalized spacial score (nSPS) is 12.5. The maximum absolute atomic E-state index is 12.2. The lowest BCUT2D eigenvalue weighted by atomic mass is 10.1. The minimum atomic E-state index is -4.33. The van der Waals surface area contributed by atoms with Crippen LogP contribution in [0.4, 0.5) is 0 Å². The van der Waals surface area contributed by atoms with E-state index in [9.17, 15) is 34.2 Å². The highest BCUT2D eigenvalue weighted by Gasteiger charge is 2.41. The standard InChI is InChI=1S/C21H31N4O9P3S/c1-24(23-13-18-5-7-19(33-2)8-6-18)35(38)34-20-9-3-17(4-10-20)11-12-22-21(26)14-25(15-36(27,28)29)16-37(30,31)32/h3-10,13,27-32H,11-12,14-16H2,1-2H3/q+2/p+1. The van der Waals surface area contributed by atoms with Gasteiger partial charge in [0, 0.05) is 6.54 Å². The van der Waals surface area contributed by atoms with Gasteiger partial charge in [-0.25, -0.2) is 4.90 Å². The predicted molar refractivity (Wildman–Crippen MR) is 150 cm³/mol. The highest BCUT2D eigenvalue weighted by atomic mass is 32.4. The Hall–Kier alpha value is -1.92. The van der Waals surface area contributed by atoms with Crippen LogP contribution < -0.4 is 14.6 Å². The van der Waals surface area contributed by atoms with Crippen molar-refractivity contribution in [3.63, 3.8) is 0 Å². The summed E-state index contributed by atoms with van der Waals surface area (Å²) in [4.78, 5) is 68.3. The van der Waals surface area contributed by atoms with E-state index in [0.29, 0.717) is 12.2 Å². The number of nitrogens with zero attached hydrogens (tertiary/aromatic N) is 3. The van der Waals surface area contributed by atoms with Gasteiger partial charge in [-0.2, -0.15) is 29.4 Å². The first-order valence-corrected chi connectivity index (χ1v) is 16.9. The van der Waals surface area contributed by atoms with E-state index in [4.69, 9.17) is 21.1 Å². The van der Waals surface area contributed by atoms with Crippen LogP contribution in [-0.4, -0.2) is 91.0 Å². The summed E-state index contributed by atoms with van der Waals surface area (Å²) in [5.74, 6) is 0.748. The zero-order valence-electron chi connectivity index (χ0n) is 20.7. The molecule has 0 aliphatic heterocycles. The molecule has 2 aromatic rings. The molecule has 0 heterocycles. The number of hydrogen-bond donors (Lipinski definition) is 7. The van der Waals surface area contributed by atoms with Gasteiger partial charge in [0.2, 0.25) is 17.7 Å². The van der Waals surface area contributed by atoms with Crippen LogP contribution in [-0.2, 0) is 23.0 Å². The second kappa shape index (κ2) is 15.0. The van der Waals surface area contributed by atoms with E-state index < -0.39 is 48.0 Å². The Balaban J connectivity index is 1.80. The van der Waals surface area contributed by atoms with Gasteiger partial charge in [0.1, 0.15) is 5.75 Å². The van der Waals surface area contributed by atoms with Gasteiger partial charge in [0.05, 0.1) is 26.9 Å². The third kappa shape index (κ3) is 13.2. The predicted octanol–water partition coefficient (Wildman–Crippen LogP) is 1.17. The SMILES string of the molecule is COc1ccc(C=NN(C)[P+](=S)Oc2ccc(CCNC(=O)CN(C[P+](O)(O)O)C[P+](O)(O)O)cc2)cc1. The van der Waals surface area contributed by atoms with Gasteiger partial charge in [0.15, 0.2) is 18.3 Å². The molecule has 38 heavy (non-hydrogen) atoms. The van der Waals surface area contributed by atoms with E-state index in [0.717, 1.165) is 21.8 Å². The topological polar surface area (TPSA) is 188 Å². The lowest BCUT2D eigenvalue weighted by molar-refractivity contribution is -0.121. The lowest BCUT2D eigenvalue weighted by Gasteiger charge is -2.20. The minimum Gasteiger partial charge on any atom is -0.497 e. The third-order valence-electron chi connectivity index (χ3n) is 4.72. The fraction of sp³-hybridized carbons (Fsp3) is 0.333. The number of nitrogens with one attached hydrogen (secondary N) is 1. The maximum atomic E-state index is 12.2. The average molecular weight is 609 g/mol. The first-order valence-electron chi connectivity index (χ1n) is 11.0. The third-order valence-corrected chi connectivity index (χ3v) is 8.15. The van der Waals surface area contributed by atoms with Crippen LogP contribution >= 0.6 is 23.0 Å². The first kappa shape index (κ1) is 32.3. The van der Waals surface area contributed by atoms with Gasteiger partial charge in [-0.05, 0) is 53.9 Å². The largest absolute Gasteiger partial charge is 0.540 e. The van der Waals surface area contributed by atoms with Gasteiger partial charge in [-0.1, -0.05) is 16.9 Å². The quantitative estimate of drug-likeness (QED) is 0.0869. The number of ether oxygens (including phenoxy) is 1. The van der Waals surface area contributed by atoms with Crippen molar-refractivity contribution < 1.29 is 43.4 Å². The molecule has 13 nitrogen and oxygen atoms in total. The second-order valence-electron chi connectivity index (χ2n) is 8.08. The van der Waals surface area contributed by atoms with Gasteiger partial charge >= 0.3 is 23.0 Å². The molecule has 1 unspecified atom stereocenters. The van der Waals surface area contributed by atoms with Crippen LogP contribution in [0.3, 0.4) is 0 Å². The summed E-state index contributed by atoms with van der Waals surface area (Å²) >= 11 is 5.42. The number of hydrazone groups is 1. The maximum Gasteiger partial charge on any atom is 0.540 e. The Morgan fingerprint density at radius 2 is 1.55 bits per heavy atom. The van der Waals surface area contributed by atoms with Gasteiger partial charge in [-0.15, -0.1) is 5.10 Å². The molecule has 2 rings (SSSR count). The van der Waals surface area contributed by atoms with Crippen molar-refractivity contribution in [3.05, 3.63) is 59.7 Å². The summed E-state index contributed by atoms with van der Waals surface area (Å²) < 4.78 is 12.5. The molecule has 0 bridgehead atoms. The van der Waals surface area contributed by atoms with Gasteiger partial charge in [0.25, 0.3) is 0 Å². The highest BCUT2D eigenvalue weighted by Crippen LogP contribution is 2.49. The lowest BCUT2D eigenvalue weighted by Crippen LogP contribution is -2.39. The summed E-state index contributed by atoms with van der Waals surface area (Å²) in [6.07, 6.45) is 0.553. The van der Waals surface area contributed by atoms with Gasteiger partial charge in [-0.3, -0.25) is 9.32 Å². The molecule has 0 saturated carbocycles. The first-order chi connectivity index (χ1) is 17.7. The number of methoxy groups -OCH3 is 1. The molecule has 0 aromatic heterocycles. The van der Waals surface area contributed by atoms with Crippen molar-refractivity contribution in [3.8, 4) is 11.5 Å². The van der Waals surface area contributed by atoms with E-state index >= 15 is 0 Å². The molecule has 1 amide bonds. The van der Waals surface area contributed by atoms with E-state index in [1.165, 1.54) is 0 Å². The number of carbonyl (C=O) groups excluding carboxylic acids is 1. The number of hydrogen-bond acceptors (Lipinski definition) is 12. The van der Waals surface area contributed by atoms with Crippen molar-refractivity contribution in [1.29, 1.82) is 0 Å². The molecular weight excluding hydrogens is 577 g/mol. The van der Waals surface area contributed by atoms with E-state index in [2.05, 4.69) is 10.4 Å². The molecule has 208 valence electrons. The van der Waals surface area contributed by atoms with Crippen LogP contribution in [0.1, 0.15) is 11.1 Å². The molecule has 0 fully saturated rings. The molecular formula is C21H32N4O9P3S+3. The number of amides is 1. The van der Waals surface area contributed by atoms with Crippen LogP contribution in [0.5, 0.6) is 11.5 Å². The van der Waals surface area contributed by atoms with Crippen LogP contribution in [0, 0.1) is 0 Å². The Bertz CT molecular complexity index is 1070. The molecule has 1 atom stereocenters. The smallest absolute Gasteiger partial charge is 0.497 e. The van der Waals surface area contributed by atoms with E-state index in [1.807, 2.05) is 36.4 Å². The van der Waals surface area contributed by atoms with Gasteiger partial charge < -0.3 is 10.1 Å². The Kier molecular flexibility index (Phi) is 12.8. The summed E-state index contributed by atoms with van der Waals surface area (Å²) in [5, 5.41) is 6.93. The number of rotatable bonds is 15. The summed E-state index contributed by atoms with van der Waals surface area (Å²) in [5.41, 5.74) is 1.78. The zero-order chi connectivity index (χ0) is 28.3. The number of benzene rings is 2. The fourth-order valence-corrected chi connectivity index (χ4v) is 5.61. The molecule has 7 N–H and O–H groups in total. The molecule has 0 saturated heterocycles. The Morgan fingerprint density at radius 3 is 2.08 bits per heavy atom. The minimum absolute atomic E-state index is 0.235. The molecule has 0 radical (unpaired) electrons. The molecule has 0 aliphatic rings. The van der Waals surface area contributed by atoms with Crippen LogP contribution in [0.15, 0.2) is 53.6 Å². The monoisotopic (exact) mass is 609 g/mol. The van der Waals surface area contributed by atoms with Crippen molar-refractivity contribution in [1.82, 2.24) is 15.0 Å². The van der Waals surface area contributed by atoms with Crippen molar-refractivity contribution >= 4 is 46.9 Å². The second-order valence-corrected chi connectivity index (χ2v) is 13.6. The van der Waals surface area contributed by atoms with Crippen molar-refractivity contribution in [2.45, 2.75) is 6.42 Å². The average Bonchev–Trinajstić information content (AvgIpc) is 2.81. The molecule has 0 aliphatic carbocycles.